The molecule has 5 heteroatoms. The minimum atomic E-state index is -0.0493. The summed E-state index contributed by atoms with van der Waals surface area (Å²) in [6.45, 7) is 2.49. The number of pyridine rings is 1. The van der Waals surface area contributed by atoms with Crippen LogP contribution in [0, 0.1) is 5.41 Å². The summed E-state index contributed by atoms with van der Waals surface area (Å²) in [5.74, 6) is 0.671. The highest BCUT2D eigenvalue weighted by Crippen LogP contribution is 2.25. The van der Waals surface area contributed by atoms with Gasteiger partial charge in [0.2, 0.25) is 0 Å². The van der Waals surface area contributed by atoms with E-state index in [4.69, 9.17) is 15.9 Å². The van der Waals surface area contributed by atoms with Crippen molar-refractivity contribution < 1.29 is 4.74 Å². The number of hydrogen-bond acceptors (Lipinski definition) is 3. The van der Waals surface area contributed by atoms with Gasteiger partial charge in [-0.3, -0.25) is 5.41 Å². The molecule has 90 valence electrons. The van der Waals surface area contributed by atoms with Gasteiger partial charge < -0.3 is 10.5 Å². The molecule has 0 bridgehead atoms. The molecule has 0 unspecified atom stereocenters. The molecule has 0 aliphatic heterocycles. The Balaban J connectivity index is 0.00000144. The first-order valence-corrected chi connectivity index (χ1v) is 5.09. The van der Waals surface area contributed by atoms with Gasteiger partial charge in [0.25, 0.3) is 0 Å². The van der Waals surface area contributed by atoms with Crippen molar-refractivity contribution in [1.82, 2.24) is 4.98 Å². The van der Waals surface area contributed by atoms with Crippen LogP contribution < -0.4 is 10.5 Å². The third kappa shape index (κ3) is 2.65. The van der Waals surface area contributed by atoms with Crippen molar-refractivity contribution in [2.45, 2.75) is 6.92 Å². The molecule has 1 aromatic heterocycles. The Morgan fingerprint density at radius 3 is 2.76 bits per heavy atom. The number of hydrogen-bond donors (Lipinski definition) is 2. The summed E-state index contributed by atoms with van der Waals surface area (Å²) in [6, 6.07) is 9.35. The van der Waals surface area contributed by atoms with E-state index >= 15 is 0 Å². The highest BCUT2D eigenvalue weighted by Gasteiger charge is 2.07. The first-order chi connectivity index (χ1) is 7.72. The van der Waals surface area contributed by atoms with Gasteiger partial charge in [-0.2, -0.15) is 0 Å². The van der Waals surface area contributed by atoms with Gasteiger partial charge in [0, 0.05) is 11.5 Å². The summed E-state index contributed by atoms with van der Waals surface area (Å²) in [7, 11) is 0. The smallest absolute Gasteiger partial charge is 0.141 e. The lowest BCUT2D eigenvalue weighted by Gasteiger charge is -2.09. The zero-order valence-corrected chi connectivity index (χ0v) is 10.3. The van der Waals surface area contributed by atoms with E-state index in [-0.39, 0.29) is 18.2 Å². The van der Waals surface area contributed by atoms with Crippen molar-refractivity contribution >= 4 is 29.1 Å². The minimum absolute atomic E-state index is 0. The van der Waals surface area contributed by atoms with Crippen LogP contribution in [0.1, 0.15) is 12.6 Å². The fourth-order valence-corrected chi connectivity index (χ4v) is 1.56. The predicted octanol–water partition coefficient (Wildman–Crippen LogP) is 2.34. The zero-order chi connectivity index (χ0) is 11.5. The number of para-hydroxylation sites is 1. The summed E-state index contributed by atoms with van der Waals surface area (Å²) >= 11 is 0. The monoisotopic (exact) mass is 251 g/mol. The number of benzene rings is 1. The fraction of sp³-hybridized carbons (Fsp3) is 0.167. The molecular weight excluding hydrogens is 238 g/mol. The van der Waals surface area contributed by atoms with Crippen molar-refractivity contribution in [3.63, 3.8) is 0 Å². The van der Waals surface area contributed by atoms with Crippen LogP contribution >= 0.6 is 12.4 Å². The molecule has 0 radical (unpaired) electrons. The van der Waals surface area contributed by atoms with Crippen molar-refractivity contribution in [2.24, 2.45) is 5.73 Å². The van der Waals surface area contributed by atoms with Crippen LogP contribution in [0.15, 0.2) is 30.3 Å². The van der Waals surface area contributed by atoms with E-state index < -0.39 is 0 Å². The molecule has 0 amide bonds. The molecule has 0 aliphatic rings. The van der Waals surface area contributed by atoms with Crippen molar-refractivity contribution in [3.8, 4) is 5.75 Å². The Bertz CT molecular complexity index is 542. The molecule has 4 nitrogen and oxygen atoms in total. The average Bonchev–Trinajstić information content (AvgIpc) is 2.29. The predicted molar refractivity (Wildman–Crippen MR) is 71.2 cm³/mol. The van der Waals surface area contributed by atoms with Crippen molar-refractivity contribution in [1.29, 1.82) is 5.41 Å². The number of nitrogens with two attached hydrogens (primary N) is 1. The summed E-state index contributed by atoms with van der Waals surface area (Å²) in [5, 5.41) is 8.34. The van der Waals surface area contributed by atoms with Gasteiger partial charge in [0.15, 0.2) is 0 Å². The van der Waals surface area contributed by atoms with Gasteiger partial charge in [-0.1, -0.05) is 12.1 Å². The average molecular weight is 252 g/mol. The maximum Gasteiger partial charge on any atom is 0.141 e. The summed E-state index contributed by atoms with van der Waals surface area (Å²) < 4.78 is 5.52. The van der Waals surface area contributed by atoms with Crippen LogP contribution in [-0.4, -0.2) is 17.4 Å². The maximum atomic E-state index is 7.40. The molecular formula is C12H14ClN3O. The third-order valence-corrected chi connectivity index (χ3v) is 2.25. The van der Waals surface area contributed by atoms with E-state index in [9.17, 15) is 0 Å². The molecule has 2 rings (SSSR count). The SMILES string of the molecule is CCOc1cc(C(=N)N)nc2ccccc12.Cl. The van der Waals surface area contributed by atoms with Crippen LogP contribution in [0.4, 0.5) is 0 Å². The van der Waals surface area contributed by atoms with E-state index in [1.165, 1.54) is 0 Å². The van der Waals surface area contributed by atoms with Crippen LogP contribution in [0.3, 0.4) is 0 Å². The van der Waals surface area contributed by atoms with Gasteiger partial charge >= 0.3 is 0 Å². The van der Waals surface area contributed by atoms with Gasteiger partial charge in [-0.05, 0) is 19.1 Å². The third-order valence-electron chi connectivity index (χ3n) is 2.25. The Labute approximate surface area is 106 Å². The van der Waals surface area contributed by atoms with E-state index in [2.05, 4.69) is 4.98 Å². The number of halogens is 1. The number of fused-ring (bicyclic) bond motifs is 1. The summed E-state index contributed by atoms with van der Waals surface area (Å²) in [5.41, 5.74) is 6.67. The second-order valence-corrected chi connectivity index (χ2v) is 3.37. The lowest BCUT2D eigenvalue weighted by molar-refractivity contribution is 0.344. The molecule has 0 aliphatic carbocycles. The van der Waals surface area contributed by atoms with Crippen LogP contribution in [0.2, 0.25) is 0 Å². The van der Waals surface area contributed by atoms with E-state index in [0.29, 0.717) is 12.3 Å². The zero-order valence-electron chi connectivity index (χ0n) is 9.43. The molecule has 17 heavy (non-hydrogen) atoms. The molecule has 3 N–H and O–H groups in total. The molecule has 2 aromatic rings. The molecule has 0 fully saturated rings. The normalized spacial score (nSPS) is 9.71. The van der Waals surface area contributed by atoms with E-state index in [1.54, 1.807) is 6.07 Å². The highest BCUT2D eigenvalue weighted by atomic mass is 35.5. The first kappa shape index (κ1) is 13.3. The summed E-state index contributed by atoms with van der Waals surface area (Å²) in [6.07, 6.45) is 0. The minimum Gasteiger partial charge on any atom is -0.493 e. The molecule has 1 aromatic carbocycles. The number of nitrogen functional groups attached to an aromatic ring is 1. The van der Waals surface area contributed by atoms with Crippen molar-refractivity contribution in [2.75, 3.05) is 6.61 Å². The lowest BCUT2D eigenvalue weighted by Crippen LogP contribution is -2.13. The standard InChI is InChI=1S/C12H13N3O.ClH/c1-2-16-11-7-10(12(13)14)15-9-6-4-3-5-8(9)11;/h3-7H,2H2,1H3,(H3,13,14);1H. The number of amidine groups is 1. The number of ether oxygens (including phenoxy) is 1. The molecule has 0 spiro atoms. The van der Waals surface area contributed by atoms with E-state index in [1.807, 2.05) is 31.2 Å². The topological polar surface area (TPSA) is 72.0 Å². The second-order valence-electron chi connectivity index (χ2n) is 3.37. The Morgan fingerprint density at radius 1 is 1.41 bits per heavy atom. The molecule has 0 saturated carbocycles. The van der Waals surface area contributed by atoms with Gasteiger partial charge in [-0.25, -0.2) is 4.98 Å². The van der Waals surface area contributed by atoms with Crippen LogP contribution in [-0.2, 0) is 0 Å². The fourth-order valence-electron chi connectivity index (χ4n) is 1.56. The Kier molecular flexibility index (Phi) is 4.29. The molecule has 0 atom stereocenters. The number of nitrogens with zero attached hydrogens (tertiary/aromatic N) is 1. The van der Waals surface area contributed by atoms with Gasteiger partial charge in [-0.15, -0.1) is 12.4 Å². The Hall–Kier alpha value is -1.81. The van der Waals surface area contributed by atoms with E-state index in [0.717, 1.165) is 16.7 Å². The van der Waals surface area contributed by atoms with Crippen LogP contribution in [0.25, 0.3) is 10.9 Å². The second kappa shape index (κ2) is 5.50. The van der Waals surface area contributed by atoms with Gasteiger partial charge in [0.1, 0.15) is 17.3 Å². The number of aromatic nitrogens is 1. The molecule has 0 saturated heterocycles. The first-order valence-electron chi connectivity index (χ1n) is 5.09. The van der Waals surface area contributed by atoms with Gasteiger partial charge in [0.05, 0.1) is 12.1 Å². The summed E-state index contributed by atoms with van der Waals surface area (Å²) in [4.78, 5) is 4.29. The van der Waals surface area contributed by atoms with Crippen molar-refractivity contribution in [3.05, 3.63) is 36.0 Å². The molecule has 1 heterocycles. The Morgan fingerprint density at radius 2 is 2.12 bits per heavy atom. The highest BCUT2D eigenvalue weighted by molar-refractivity contribution is 5.97. The largest absolute Gasteiger partial charge is 0.493 e. The lowest BCUT2D eigenvalue weighted by atomic mass is 10.2. The quantitative estimate of drug-likeness (QED) is 0.650. The van der Waals surface area contributed by atoms with Crippen LogP contribution in [0.5, 0.6) is 5.75 Å². The number of rotatable bonds is 3. The number of nitrogens with one attached hydrogen (secondary N) is 1. The maximum absolute atomic E-state index is 7.40.